The van der Waals surface area contributed by atoms with E-state index in [4.69, 9.17) is 9.84 Å². The summed E-state index contributed by atoms with van der Waals surface area (Å²) in [6, 6.07) is 14.1. The molecule has 0 unspecified atom stereocenters. The number of benzene rings is 2. The van der Waals surface area contributed by atoms with E-state index < -0.39 is 18.1 Å². The minimum Gasteiger partial charge on any atom is -0.478 e. The average Bonchev–Trinajstić information content (AvgIpc) is 2.56. The zero-order chi connectivity index (χ0) is 17.4. The third-order valence-corrected chi connectivity index (χ3v) is 2.75. The molecule has 8 nitrogen and oxygen atoms in total. The van der Waals surface area contributed by atoms with Gasteiger partial charge in [-0.1, -0.05) is 36.4 Å². The van der Waals surface area contributed by atoms with Crippen molar-refractivity contribution in [2.45, 2.75) is 6.42 Å². The van der Waals surface area contributed by atoms with Crippen molar-refractivity contribution in [3.05, 3.63) is 65.7 Å². The molecule has 2 aromatic rings. The molecule has 0 fully saturated rings. The van der Waals surface area contributed by atoms with Crippen molar-refractivity contribution in [3.63, 3.8) is 0 Å². The number of carbonyl (C=O) groups excluding carboxylic acids is 2. The minimum absolute atomic E-state index is 0.00704. The summed E-state index contributed by atoms with van der Waals surface area (Å²) < 4.78 is 4.73. The van der Waals surface area contributed by atoms with Crippen LogP contribution in [-0.4, -0.2) is 23.2 Å². The van der Waals surface area contributed by atoms with Gasteiger partial charge in [0.2, 0.25) is 0 Å². The zero-order valence-corrected chi connectivity index (χ0v) is 12.3. The number of hydrogen-bond acceptors (Lipinski definition) is 7. The molecule has 0 spiro atoms. The van der Waals surface area contributed by atoms with Gasteiger partial charge in [-0.3, -0.25) is 0 Å². The van der Waals surface area contributed by atoms with Crippen LogP contribution in [0, 0.1) is 0 Å². The summed E-state index contributed by atoms with van der Waals surface area (Å²) in [6.07, 6.45) is -1.22. The number of carboxylic acid groups (broad SMARTS) is 1. The predicted octanol–water partition coefficient (Wildman–Crippen LogP) is 2.11. The van der Waals surface area contributed by atoms with Gasteiger partial charge in [0.15, 0.2) is 0 Å². The van der Waals surface area contributed by atoms with Crippen LogP contribution < -0.4 is 10.4 Å². The van der Waals surface area contributed by atoms with Gasteiger partial charge >= 0.3 is 18.1 Å². The fraction of sp³-hybridized carbons (Fsp3) is 0.0625. The molecule has 2 N–H and O–H groups in total. The summed E-state index contributed by atoms with van der Waals surface area (Å²) in [4.78, 5) is 42.5. The SMILES string of the molecule is O=C(Cc1ccccc1)ONOC(=O)Oc1cccc(C(=O)O)c1. The Balaban J connectivity index is 1.74. The van der Waals surface area contributed by atoms with E-state index in [1.165, 1.54) is 18.2 Å². The Bertz CT molecular complexity index is 730. The molecule has 124 valence electrons. The summed E-state index contributed by atoms with van der Waals surface area (Å²) in [5.74, 6) is -1.86. The summed E-state index contributed by atoms with van der Waals surface area (Å²) in [6.45, 7) is 0. The predicted molar refractivity (Wildman–Crippen MR) is 79.9 cm³/mol. The second-order valence-electron chi connectivity index (χ2n) is 4.51. The van der Waals surface area contributed by atoms with Gasteiger partial charge in [-0.05, 0) is 23.8 Å². The van der Waals surface area contributed by atoms with Crippen LogP contribution in [0.2, 0.25) is 0 Å². The fourth-order valence-electron chi connectivity index (χ4n) is 1.71. The van der Waals surface area contributed by atoms with Crippen molar-refractivity contribution in [1.82, 2.24) is 5.64 Å². The van der Waals surface area contributed by atoms with Crippen LogP contribution in [0.4, 0.5) is 4.79 Å². The Hall–Kier alpha value is -3.39. The smallest absolute Gasteiger partial charge is 0.478 e. The fourth-order valence-corrected chi connectivity index (χ4v) is 1.71. The normalized spacial score (nSPS) is 9.83. The largest absolute Gasteiger partial charge is 0.536 e. The first kappa shape index (κ1) is 17.0. The Morgan fingerprint density at radius 2 is 1.71 bits per heavy atom. The van der Waals surface area contributed by atoms with Crippen molar-refractivity contribution >= 4 is 18.1 Å². The van der Waals surface area contributed by atoms with E-state index in [9.17, 15) is 14.4 Å². The highest BCUT2D eigenvalue weighted by atomic mass is 17.0. The Morgan fingerprint density at radius 3 is 2.42 bits per heavy atom. The molecular formula is C16H13NO7. The van der Waals surface area contributed by atoms with Gasteiger partial charge in [-0.25, -0.2) is 14.4 Å². The van der Waals surface area contributed by atoms with Crippen molar-refractivity contribution in [2.24, 2.45) is 0 Å². The molecule has 0 amide bonds. The summed E-state index contributed by atoms with van der Waals surface area (Å²) in [7, 11) is 0. The lowest BCUT2D eigenvalue weighted by atomic mass is 10.2. The highest BCUT2D eigenvalue weighted by Crippen LogP contribution is 2.13. The molecule has 2 aromatic carbocycles. The first-order valence-corrected chi connectivity index (χ1v) is 6.75. The quantitative estimate of drug-likeness (QED) is 0.470. The third-order valence-electron chi connectivity index (χ3n) is 2.75. The van der Waals surface area contributed by atoms with Crippen LogP contribution in [0.25, 0.3) is 0 Å². The lowest BCUT2D eigenvalue weighted by Gasteiger charge is -2.07. The highest BCUT2D eigenvalue weighted by molar-refractivity contribution is 5.88. The van der Waals surface area contributed by atoms with Crippen molar-refractivity contribution in [3.8, 4) is 5.75 Å². The maximum Gasteiger partial charge on any atom is 0.536 e. The van der Waals surface area contributed by atoms with E-state index in [0.29, 0.717) is 0 Å². The monoisotopic (exact) mass is 331 g/mol. The Morgan fingerprint density at radius 1 is 0.958 bits per heavy atom. The van der Waals surface area contributed by atoms with Gasteiger partial charge < -0.3 is 19.5 Å². The van der Waals surface area contributed by atoms with Crippen LogP contribution in [0.1, 0.15) is 15.9 Å². The maximum absolute atomic E-state index is 11.5. The van der Waals surface area contributed by atoms with Crippen LogP contribution in [0.3, 0.4) is 0 Å². The Kier molecular flexibility index (Phi) is 5.87. The number of carbonyl (C=O) groups is 3. The molecule has 0 saturated carbocycles. The van der Waals surface area contributed by atoms with E-state index in [1.54, 1.807) is 29.9 Å². The molecule has 24 heavy (non-hydrogen) atoms. The van der Waals surface area contributed by atoms with Crippen molar-refractivity contribution in [2.75, 3.05) is 0 Å². The van der Waals surface area contributed by atoms with Crippen molar-refractivity contribution in [1.29, 1.82) is 0 Å². The van der Waals surface area contributed by atoms with E-state index >= 15 is 0 Å². The molecule has 0 aliphatic rings. The van der Waals surface area contributed by atoms with Crippen LogP contribution in [0.15, 0.2) is 54.6 Å². The first-order valence-electron chi connectivity index (χ1n) is 6.75. The molecule has 8 heteroatoms. The lowest BCUT2D eigenvalue weighted by molar-refractivity contribution is -0.178. The van der Waals surface area contributed by atoms with E-state index in [0.717, 1.165) is 11.6 Å². The number of aromatic carboxylic acids is 1. The van der Waals surface area contributed by atoms with Gasteiger partial charge in [0.1, 0.15) is 5.75 Å². The molecule has 0 aliphatic carbocycles. The Labute approximate surface area is 136 Å². The number of nitrogens with one attached hydrogen (secondary N) is 1. The van der Waals surface area contributed by atoms with E-state index in [1.807, 2.05) is 6.07 Å². The molecule has 0 atom stereocenters. The van der Waals surface area contributed by atoms with Crippen LogP contribution in [-0.2, 0) is 20.9 Å². The van der Waals surface area contributed by atoms with E-state index in [2.05, 4.69) is 9.68 Å². The molecule has 0 aromatic heterocycles. The molecule has 2 rings (SSSR count). The second kappa shape index (κ2) is 8.30. The zero-order valence-electron chi connectivity index (χ0n) is 12.3. The number of rotatable bonds is 6. The minimum atomic E-state index is -1.22. The number of carboxylic acids is 1. The topological polar surface area (TPSA) is 111 Å². The molecule has 0 aliphatic heterocycles. The van der Waals surface area contributed by atoms with Gasteiger partial charge in [-0.15, -0.1) is 0 Å². The number of hydrogen-bond donors (Lipinski definition) is 2. The van der Waals surface area contributed by atoms with Gasteiger partial charge in [0.25, 0.3) is 0 Å². The number of ether oxygens (including phenoxy) is 1. The molecule has 0 saturated heterocycles. The molecule has 0 bridgehead atoms. The summed E-state index contributed by atoms with van der Waals surface area (Å²) >= 11 is 0. The summed E-state index contributed by atoms with van der Waals surface area (Å²) in [5, 5.41) is 8.83. The molecule has 0 radical (unpaired) electrons. The molecule has 0 heterocycles. The van der Waals surface area contributed by atoms with Crippen LogP contribution in [0.5, 0.6) is 5.75 Å². The van der Waals surface area contributed by atoms with Crippen molar-refractivity contribution < 1.29 is 33.9 Å². The third kappa shape index (κ3) is 5.43. The maximum atomic E-state index is 11.5. The average molecular weight is 331 g/mol. The summed E-state index contributed by atoms with van der Waals surface area (Å²) in [5.41, 5.74) is 2.40. The molecular weight excluding hydrogens is 318 g/mol. The van der Waals surface area contributed by atoms with Gasteiger partial charge in [-0.2, -0.15) is 0 Å². The highest BCUT2D eigenvalue weighted by Gasteiger charge is 2.11. The standard InChI is InChI=1S/C16H13NO7/c18-14(9-11-5-2-1-3-6-11)23-17-24-16(21)22-13-8-4-7-12(10-13)15(19)20/h1-8,10,17H,9H2,(H,19,20). The second-order valence-corrected chi connectivity index (χ2v) is 4.51. The van der Waals surface area contributed by atoms with Crippen LogP contribution >= 0.6 is 0 Å². The lowest BCUT2D eigenvalue weighted by Crippen LogP contribution is -2.26. The van der Waals surface area contributed by atoms with Gasteiger partial charge in [0.05, 0.1) is 12.0 Å². The first-order chi connectivity index (χ1) is 11.5. The van der Waals surface area contributed by atoms with E-state index in [-0.39, 0.29) is 17.7 Å². The van der Waals surface area contributed by atoms with Gasteiger partial charge in [0, 0.05) is 5.64 Å².